The molecule has 0 amide bonds. The Balaban J connectivity index is 0.000000754. The highest BCUT2D eigenvalue weighted by molar-refractivity contribution is 7.91. The van der Waals surface area contributed by atoms with Crippen LogP contribution in [0.2, 0.25) is 0 Å². The molecule has 0 saturated heterocycles. The number of nitrogens with zero attached hydrogens (tertiary/aromatic N) is 2. The summed E-state index contributed by atoms with van der Waals surface area (Å²) in [6, 6.07) is 6.42. The van der Waals surface area contributed by atoms with Crippen molar-refractivity contribution in [2.45, 2.75) is 25.7 Å². The molecule has 24 heavy (non-hydrogen) atoms. The van der Waals surface area contributed by atoms with Gasteiger partial charge in [0.2, 0.25) is 5.78 Å². The molecule has 0 fully saturated rings. The second-order valence-electron chi connectivity index (χ2n) is 4.95. The van der Waals surface area contributed by atoms with Gasteiger partial charge in [-0.2, -0.15) is 0 Å². The number of ketones is 2. The van der Waals surface area contributed by atoms with E-state index in [2.05, 4.69) is 10.3 Å². The van der Waals surface area contributed by atoms with Gasteiger partial charge in [0, 0.05) is 12.8 Å². The summed E-state index contributed by atoms with van der Waals surface area (Å²) in [7, 11) is -3.53. The van der Waals surface area contributed by atoms with E-state index in [0.29, 0.717) is 0 Å². The van der Waals surface area contributed by atoms with Gasteiger partial charge in [-0.05, 0) is 19.1 Å². The zero-order valence-corrected chi connectivity index (χ0v) is 14.4. The molecule has 0 aliphatic rings. The Morgan fingerprint density at radius 1 is 1.12 bits per heavy atom. The summed E-state index contributed by atoms with van der Waals surface area (Å²) in [6.45, 7) is 4.46. The van der Waals surface area contributed by atoms with Crippen molar-refractivity contribution in [3.63, 3.8) is 0 Å². The number of rotatable bonds is 6. The van der Waals surface area contributed by atoms with Gasteiger partial charge in [-0.1, -0.05) is 34.9 Å². The molecule has 1 aromatic carbocycles. The first kappa shape index (κ1) is 21.4. The molecular weight excluding hydrogens is 336 g/mol. The molecule has 0 bridgehead atoms. The van der Waals surface area contributed by atoms with Crippen molar-refractivity contribution >= 4 is 33.8 Å². The van der Waals surface area contributed by atoms with Gasteiger partial charge in [0.25, 0.3) is 0 Å². The van der Waals surface area contributed by atoms with Crippen LogP contribution in [0, 0.1) is 12.8 Å². The highest BCUT2D eigenvalue weighted by atomic mass is 32.2. The zero-order valence-electron chi connectivity index (χ0n) is 13.6. The van der Waals surface area contributed by atoms with Crippen molar-refractivity contribution in [3.8, 4) is 0 Å². The molecule has 8 nitrogen and oxygen atoms in total. The van der Waals surface area contributed by atoms with Crippen molar-refractivity contribution in [2.24, 2.45) is 16.2 Å². The van der Waals surface area contributed by atoms with Crippen molar-refractivity contribution in [3.05, 3.63) is 29.8 Å². The van der Waals surface area contributed by atoms with Gasteiger partial charge in [-0.15, -0.1) is 0 Å². The largest absolute Gasteiger partial charge is 0.411 e. The fourth-order valence-corrected chi connectivity index (χ4v) is 3.21. The summed E-state index contributed by atoms with van der Waals surface area (Å²) in [4.78, 5) is 22.5. The van der Waals surface area contributed by atoms with Crippen LogP contribution >= 0.6 is 0 Å². The quantitative estimate of drug-likeness (QED) is 0.343. The van der Waals surface area contributed by atoms with Crippen LogP contribution in [0.25, 0.3) is 0 Å². The predicted octanol–water partition coefficient (Wildman–Crippen LogP) is 1.47. The average Bonchev–Trinajstić information content (AvgIpc) is 2.52. The van der Waals surface area contributed by atoms with E-state index < -0.39 is 27.3 Å². The Hall–Kier alpha value is -2.55. The SMILES string of the molecule is CC(=O)C(=O)C(C)CS(=O)(=O)c1ccc(C)cc1.ON=CC=NO. The second kappa shape index (κ2) is 10.3. The third kappa shape index (κ3) is 7.63. The number of sulfone groups is 1. The molecule has 1 rings (SSSR count). The molecule has 132 valence electrons. The predicted molar refractivity (Wildman–Crippen MR) is 88.6 cm³/mol. The molecule has 0 aliphatic carbocycles. The van der Waals surface area contributed by atoms with Gasteiger partial charge < -0.3 is 10.4 Å². The number of carbonyl (C=O) groups is 2. The van der Waals surface area contributed by atoms with E-state index in [1.807, 2.05) is 6.92 Å². The fourth-order valence-electron chi connectivity index (χ4n) is 1.65. The van der Waals surface area contributed by atoms with Crippen molar-refractivity contribution in [1.29, 1.82) is 0 Å². The first-order valence-electron chi connectivity index (χ1n) is 6.83. The molecule has 0 aromatic heterocycles. The number of hydrogen-bond donors (Lipinski definition) is 2. The van der Waals surface area contributed by atoms with Crippen LogP contribution < -0.4 is 0 Å². The minimum atomic E-state index is -3.53. The van der Waals surface area contributed by atoms with Crippen LogP contribution in [0.4, 0.5) is 0 Å². The maximum atomic E-state index is 12.0. The smallest absolute Gasteiger partial charge is 0.201 e. The Kier molecular flexibility index (Phi) is 9.18. The van der Waals surface area contributed by atoms with Gasteiger partial charge in [0.1, 0.15) is 0 Å². The lowest BCUT2D eigenvalue weighted by Crippen LogP contribution is -2.26. The number of oxime groups is 2. The molecular formula is C15H20N2O6S. The summed E-state index contributed by atoms with van der Waals surface area (Å²) in [5, 5.41) is 20.1. The van der Waals surface area contributed by atoms with Crippen molar-refractivity contribution in [2.75, 3.05) is 5.75 Å². The number of carbonyl (C=O) groups excluding carboxylic acids is 2. The van der Waals surface area contributed by atoms with Gasteiger partial charge in [-0.25, -0.2) is 8.42 Å². The summed E-state index contributed by atoms with van der Waals surface area (Å²) in [5.41, 5.74) is 0.960. The van der Waals surface area contributed by atoms with Crippen LogP contribution in [0.3, 0.4) is 0 Å². The minimum absolute atomic E-state index is 0.177. The van der Waals surface area contributed by atoms with Crippen molar-refractivity contribution < 1.29 is 28.4 Å². The molecule has 0 radical (unpaired) electrons. The van der Waals surface area contributed by atoms with E-state index in [0.717, 1.165) is 24.9 Å². The molecule has 0 heterocycles. The number of hydrogen-bond acceptors (Lipinski definition) is 8. The first-order chi connectivity index (χ1) is 11.2. The Morgan fingerprint density at radius 2 is 1.58 bits per heavy atom. The highest BCUT2D eigenvalue weighted by Gasteiger charge is 2.25. The molecule has 1 unspecified atom stereocenters. The number of Topliss-reactive ketones (excluding diaryl/α,β-unsaturated/α-hetero) is 2. The van der Waals surface area contributed by atoms with E-state index in [1.165, 1.54) is 19.1 Å². The molecule has 0 saturated carbocycles. The summed E-state index contributed by atoms with van der Waals surface area (Å²) < 4.78 is 24.0. The van der Waals surface area contributed by atoms with Gasteiger partial charge in [0.15, 0.2) is 15.6 Å². The van der Waals surface area contributed by atoms with Crippen LogP contribution in [-0.4, -0.2) is 48.6 Å². The van der Waals surface area contributed by atoms with E-state index in [4.69, 9.17) is 10.4 Å². The summed E-state index contributed by atoms with van der Waals surface area (Å²) >= 11 is 0. The Labute approximate surface area is 140 Å². The number of aryl methyl sites for hydroxylation is 1. The van der Waals surface area contributed by atoms with Crippen LogP contribution in [0.15, 0.2) is 39.5 Å². The van der Waals surface area contributed by atoms with Crippen LogP contribution in [-0.2, 0) is 19.4 Å². The van der Waals surface area contributed by atoms with Gasteiger partial charge in [0.05, 0.1) is 23.1 Å². The minimum Gasteiger partial charge on any atom is -0.411 e. The number of benzene rings is 1. The van der Waals surface area contributed by atoms with Crippen molar-refractivity contribution in [1.82, 2.24) is 0 Å². The standard InChI is InChI=1S/C13H16O4S.C2H4N2O2/c1-9-4-6-12(7-5-9)18(16,17)8-10(2)13(15)11(3)14;5-3-1-2-4-6/h4-7,10H,8H2,1-3H3;1-2,5-6H. The first-order valence-corrected chi connectivity index (χ1v) is 8.48. The maximum absolute atomic E-state index is 12.0. The molecule has 0 aliphatic heterocycles. The molecule has 1 atom stereocenters. The summed E-state index contributed by atoms with van der Waals surface area (Å²) in [5.74, 6) is -2.41. The third-order valence-corrected chi connectivity index (χ3v) is 4.77. The Bertz CT molecular complexity index is 698. The van der Waals surface area contributed by atoms with E-state index in [-0.39, 0.29) is 10.6 Å². The summed E-state index contributed by atoms with van der Waals surface area (Å²) in [6.07, 6.45) is 1.89. The molecule has 2 N–H and O–H groups in total. The maximum Gasteiger partial charge on any atom is 0.201 e. The normalized spacial score (nSPS) is 12.6. The lowest BCUT2D eigenvalue weighted by Gasteiger charge is -2.09. The third-order valence-electron chi connectivity index (χ3n) is 2.84. The monoisotopic (exact) mass is 356 g/mol. The van der Waals surface area contributed by atoms with E-state index in [1.54, 1.807) is 12.1 Å². The fraction of sp³-hybridized carbons (Fsp3) is 0.333. The van der Waals surface area contributed by atoms with Crippen LogP contribution in [0.5, 0.6) is 0 Å². The highest BCUT2D eigenvalue weighted by Crippen LogP contribution is 2.15. The average molecular weight is 356 g/mol. The second-order valence-corrected chi connectivity index (χ2v) is 6.98. The lowest BCUT2D eigenvalue weighted by molar-refractivity contribution is -0.137. The van der Waals surface area contributed by atoms with Gasteiger partial charge >= 0.3 is 0 Å². The zero-order chi connectivity index (χ0) is 18.8. The molecule has 1 aromatic rings. The molecule has 0 spiro atoms. The van der Waals surface area contributed by atoms with E-state index in [9.17, 15) is 18.0 Å². The lowest BCUT2D eigenvalue weighted by atomic mass is 10.1. The Morgan fingerprint density at radius 3 is 1.96 bits per heavy atom. The molecule has 9 heteroatoms. The topological polar surface area (TPSA) is 133 Å². The van der Waals surface area contributed by atoms with E-state index >= 15 is 0 Å². The van der Waals surface area contributed by atoms with Crippen LogP contribution in [0.1, 0.15) is 19.4 Å². The van der Waals surface area contributed by atoms with Gasteiger partial charge in [-0.3, -0.25) is 9.59 Å².